The highest BCUT2D eigenvalue weighted by atomic mass is 32.1. The SMILES string of the molecule is COc1ccc(/C=N/NC(=S)Nc2ccc(C(C)C)cc2)cc1O. The molecule has 0 amide bonds. The molecule has 2 aromatic carbocycles. The van der Waals surface area contributed by atoms with E-state index in [1.165, 1.54) is 12.7 Å². The maximum atomic E-state index is 9.71. The number of benzene rings is 2. The van der Waals surface area contributed by atoms with E-state index in [1.807, 2.05) is 12.1 Å². The van der Waals surface area contributed by atoms with E-state index >= 15 is 0 Å². The Hall–Kier alpha value is -2.60. The van der Waals surface area contributed by atoms with Gasteiger partial charge in [-0.15, -0.1) is 0 Å². The van der Waals surface area contributed by atoms with Gasteiger partial charge in [0.2, 0.25) is 0 Å². The molecule has 6 heteroatoms. The molecule has 0 aliphatic heterocycles. The Labute approximate surface area is 147 Å². The lowest BCUT2D eigenvalue weighted by molar-refractivity contribution is 0.373. The quantitative estimate of drug-likeness (QED) is 0.437. The summed E-state index contributed by atoms with van der Waals surface area (Å²) in [6.07, 6.45) is 1.56. The zero-order valence-corrected chi connectivity index (χ0v) is 14.7. The van der Waals surface area contributed by atoms with Crippen molar-refractivity contribution in [2.24, 2.45) is 5.10 Å². The minimum atomic E-state index is 0.0624. The van der Waals surface area contributed by atoms with Crippen LogP contribution in [0.4, 0.5) is 5.69 Å². The fraction of sp³-hybridized carbons (Fsp3) is 0.222. The standard InChI is InChI=1S/C18H21N3O2S/c1-12(2)14-5-7-15(8-6-14)20-18(24)21-19-11-13-4-9-17(23-3)16(22)10-13/h4-12,22H,1-3H3,(H2,20,21,24)/b19-11+. The summed E-state index contributed by atoms with van der Waals surface area (Å²) in [5.74, 6) is 0.976. The van der Waals surface area contributed by atoms with Crippen LogP contribution < -0.4 is 15.5 Å². The van der Waals surface area contributed by atoms with Gasteiger partial charge >= 0.3 is 0 Å². The summed E-state index contributed by atoms with van der Waals surface area (Å²) in [5.41, 5.74) is 5.64. The lowest BCUT2D eigenvalue weighted by Crippen LogP contribution is -2.23. The van der Waals surface area contributed by atoms with Crippen molar-refractivity contribution in [3.8, 4) is 11.5 Å². The van der Waals surface area contributed by atoms with Gasteiger partial charge in [0.25, 0.3) is 0 Å². The summed E-state index contributed by atoms with van der Waals surface area (Å²) < 4.78 is 4.99. The molecule has 0 spiro atoms. The van der Waals surface area contributed by atoms with Crippen molar-refractivity contribution in [3.63, 3.8) is 0 Å². The fourth-order valence-electron chi connectivity index (χ4n) is 2.06. The van der Waals surface area contributed by atoms with Crippen LogP contribution in [0, 0.1) is 0 Å². The zero-order chi connectivity index (χ0) is 17.5. The zero-order valence-electron chi connectivity index (χ0n) is 13.9. The Morgan fingerprint density at radius 3 is 2.50 bits per heavy atom. The number of nitrogens with zero attached hydrogens (tertiary/aromatic N) is 1. The van der Waals surface area contributed by atoms with Crippen molar-refractivity contribution in [3.05, 3.63) is 53.6 Å². The molecule has 5 nitrogen and oxygen atoms in total. The number of anilines is 1. The number of hydrogen-bond donors (Lipinski definition) is 3. The van der Waals surface area contributed by atoms with Gasteiger partial charge in [-0.05, 0) is 59.6 Å². The summed E-state index contributed by atoms with van der Waals surface area (Å²) in [6, 6.07) is 13.1. The second-order valence-electron chi connectivity index (χ2n) is 5.53. The molecule has 0 aromatic heterocycles. The number of rotatable bonds is 5. The molecule has 126 valence electrons. The number of phenols is 1. The van der Waals surface area contributed by atoms with Gasteiger partial charge in [-0.1, -0.05) is 26.0 Å². The van der Waals surface area contributed by atoms with E-state index in [4.69, 9.17) is 17.0 Å². The van der Waals surface area contributed by atoms with Gasteiger partial charge < -0.3 is 15.2 Å². The van der Waals surface area contributed by atoms with Crippen molar-refractivity contribution in [1.29, 1.82) is 0 Å². The van der Waals surface area contributed by atoms with Crippen molar-refractivity contribution in [2.75, 3.05) is 12.4 Å². The minimum absolute atomic E-state index is 0.0624. The molecule has 0 saturated carbocycles. The first-order valence-electron chi connectivity index (χ1n) is 7.56. The molecular weight excluding hydrogens is 322 g/mol. The summed E-state index contributed by atoms with van der Waals surface area (Å²) in [4.78, 5) is 0. The largest absolute Gasteiger partial charge is 0.504 e. The molecule has 0 radical (unpaired) electrons. The summed E-state index contributed by atoms with van der Waals surface area (Å²) in [5, 5.41) is 17.2. The molecule has 0 aliphatic rings. The van der Waals surface area contributed by atoms with E-state index in [9.17, 15) is 5.11 Å². The van der Waals surface area contributed by atoms with E-state index < -0.39 is 0 Å². The molecule has 0 saturated heterocycles. The maximum Gasteiger partial charge on any atom is 0.191 e. The Morgan fingerprint density at radius 1 is 1.21 bits per heavy atom. The second-order valence-corrected chi connectivity index (χ2v) is 5.94. The van der Waals surface area contributed by atoms with Gasteiger partial charge in [-0.25, -0.2) is 0 Å². The minimum Gasteiger partial charge on any atom is -0.504 e. The monoisotopic (exact) mass is 343 g/mol. The Balaban J connectivity index is 1.89. The summed E-state index contributed by atoms with van der Waals surface area (Å²) >= 11 is 5.20. The van der Waals surface area contributed by atoms with Crippen molar-refractivity contribution < 1.29 is 9.84 Å². The third kappa shape index (κ3) is 4.96. The van der Waals surface area contributed by atoms with Gasteiger partial charge in [-0.3, -0.25) is 5.43 Å². The summed E-state index contributed by atoms with van der Waals surface area (Å²) in [7, 11) is 1.50. The van der Waals surface area contributed by atoms with Gasteiger partial charge in [0.05, 0.1) is 13.3 Å². The first kappa shape index (κ1) is 17.7. The average Bonchev–Trinajstić information content (AvgIpc) is 2.55. The van der Waals surface area contributed by atoms with Gasteiger partial charge in [-0.2, -0.15) is 5.10 Å². The number of phenolic OH excluding ortho intramolecular Hbond substituents is 1. The Bertz CT molecular complexity index is 728. The number of nitrogens with one attached hydrogen (secondary N) is 2. The van der Waals surface area contributed by atoms with Gasteiger partial charge in [0.1, 0.15) is 0 Å². The molecule has 0 fully saturated rings. The Morgan fingerprint density at radius 2 is 1.92 bits per heavy atom. The van der Waals surface area contributed by atoms with E-state index in [1.54, 1.807) is 24.4 Å². The number of aromatic hydroxyl groups is 1. The van der Waals surface area contributed by atoms with Crippen molar-refractivity contribution >= 4 is 29.2 Å². The van der Waals surface area contributed by atoms with E-state index in [-0.39, 0.29) is 5.75 Å². The smallest absolute Gasteiger partial charge is 0.191 e. The van der Waals surface area contributed by atoms with Gasteiger partial charge in [0, 0.05) is 5.69 Å². The lowest BCUT2D eigenvalue weighted by Gasteiger charge is -2.09. The number of hydrogen-bond acceptors (Lipinski definition) is 4. The predicted molar refractivity (Wildman–Crippen MR) is 102 cm³/mol. The number of methoxy groups -OCH3 is 1. The second kappa shape index (κ2) is 8.31. The molecule has 0 bridgehead atoms. The van der Waals surface area contributed by atoms with Crippen LogP contribution in [0.2, 0.25) is 0 Å². The molecule has 3 N–H and O–H groups in total. The maximum absolute atomic E-state index is 9.71. The molecular formula is C18H21N3O2S. The molecule has 0 unspecified atom stereocenters. The number of thiocarbonyl (C=S) groups is 1. The van der Waals surface area contributed by atoms with Crippen molar-refractivity contribution in [2.45, 2.75) is 19.8 Å². The highest BCUT2D eigenvalue weighted by Gasteiger charge is 2.02. The van der Waals surface area contributed by atoms with Gasteiger partial charge in [0.15, 0.2) is 16.6 Å². The van der Waals surface area contributed by atoms with E-state index in [0.29, 0.717) is 16.8 Å². The van der Waals surface area contributed by atoms with Crippen molar-refractivity contribution in [1.82, 2.24) is 5.43 Å². The molecule has 2 aromatic rings. The van der Waals surface area contributed by atoms with Crippen LogP contribution in [-0.2, 0) is 0 Å². The molecule has 24 heavy (non-hydrogen) atoms. The highest BCUT2D eigenvalue weighted by Crippen LogP contribution is 2.25. The van der Waals surface area contributed by atoms with E-state index in [2.05, 4.69) is 41.8 Å². The molecule has 0 heterocycles. The van der Waals surface area contributed by atoms with E-state index in [0.717, 1.165) is 11.3 Å². The number of hydrazone groups is 1. The first-order valence-corrected chi connectivity index (χ1v) is 7.97. The topological polar surface area (TPSA) is 65.9 Å². The molecule has 2 rings (SSSR count). The summed E-state index contributed by atoms with van der Waals surface area (Å²) in [6.45, 7) is 4.31. The number of ether oxygens (including phenoxy) is 1. The predicted octanol–water partition coefficient (Wildman–Crippen LogP) is 3.84. The normalized spacial score (nSPS) is 10.8. The molecule has 0 aliphatic carbocycles. The van der Waals surface area contributed by atoms with Crippen LogP contribution in [0.3, 0.4) is 0 Å². The average molecular weight is 343 g/mol. The fourth-order valence-corrected chi connectivity index (χ4v) is 2.23. The first-order chi connectivity index (χ1) is 11.5. The molecule has 0 atom stereocenters. The van der Waals surface area contributed by atoms with Crippen LogP contribution >= 0.6 is 12.2 Å². The lowest BCUT2D eigenvalue weighted by atomic mass is 10.0. The van der Waals surface area contributed by atoms with Crippen LogP contribution in [-0.4, -0.2) is 23.5 Å². The van der Waals surface area contributed by atoms with Crippen LogP contribution in [0.25, 0.3) is 0 Å². The van der Waals surface area contributed by atoms with Crippen LogP contribution in [0.5, 0.6) is 11.5 Å². The Kier molecular flexibility index (Phi) is 6.14. The van der Waals surface area contributed by atoms with Crippen LogP contribution in [0.1, 0.15) is 30.9 Å². The third-order valence-electron chi connectivity index (χ3n) is 3.42. The third-order valence-corrected chi connectivity index (χ3v) is 3.61. The van der Waals surface area contributed by atoms with Crippen LogP contribution in [0.15, 0.2) is 47.6 Å². The highest BCUT2D eigenvalue weighted by molar-refractivity contribution is 7.80.